The van der Waals surface area contributed by atoms with Gasteiger partial charge in [0.1, 0.15) is 0 Å². The van der Waals surface area contributed by atoms with Crippen molar-refractivity contribution in [1.29, 1.82) is 0 Å². The van der Waals surface area contributed by atoms with E-state index >= 15 is 0 Å². The highest BCUT2D eigenvalue weighted by atomic mass is 32.2. The van der Waals surface area contributed by atoms with E-state index < -0.39 is 0 Å². The molecule has 0 fully saturated rings. The maximum atomic E-state index is 5.98. The second-order valence-electron chi connectivity index (χ2n) is 4.36. The van der Waals surface area contributed by atoms with Gasteiger partial charge in [0.05, 0.1) is 12.2 Å². The number of thioether (sulfide) groups is 1. The van der Waals surface area contributed by atoms with Crippen LogP contribution in [0.5, 0.6) is 0 Å². The predicted octanol–water partition coefficient (Wildman–Crippen LogP) is 3.86. The molecule has 90 valence electrons. The van der Waals surface area contributed by atoms with Crippen LogP contribution in [-0.2, 0) is 16.8 Å². The monoisotopic (exact) mass is 238 g/mol. The van der Waals surface area contributed by atoms with Crippen molar-refractivity contribution >= 4 is 11.8 Å². The number of ether oxygens (including phenoxy) is 1. The molecule has 1 aromatic rings. The van der Waals surface area contributed by atoms with E-state index in [1.165, 1.54) is 11.1 Å². The first-order valence-electron chi connectivity index (χ1n) is 5.83. The van der Waals surface area contributed by atoms with E-state index in [1.807, 2.05) is 11.8 Å². The molecule has 1 rings (SSSR count). The second-order valence-corrected chi connectivity index (χ2v) is 5.35. The van der Waals surface area contributed by atoms with Gasteiger partial charge in [-0.15, -0.1) is 0 Å². The van der Waals surface area contributed by atoms with Crippen molar-refractivity contribution in [2.24, 2.45) is 0 Å². The van der Waals surface area contributed by atoms with E-state index in [4.69, 9.17) is 4.74 Å². The molecular formula is C14H22OS. The van der Waals surface area contributed by atoms with Crippen molar-refractivity contribution in [1.82, 2.24) is 0 Å². The fraction of sp³-hybridized carbons (Fsp3) is 0.571. The van der Waals surface area contributed by atoms with Crippen LogP contribution in [0.3, 0.4) is 0 Å². The van der Waals surface area contributed by atoms with Crippen molar-refractivity contribution < 1.29 is 4.74 Å². The molecule has 0 saturated carbocycles. The topological polar surface area (TPSA) is 9.23 Å². The van der Waals surface area contributed by atoms with Crippen molar-refractivity contribution in [3.8, 4) is 0 Å². The highest BCUT2D eigenvalue weighted by Crippen LogP contribution is 2.28. The Morgan fingerprint density at radius 2 is 1.94 bits per heavy atom. The molecule has 0 radical (unpaired) electrons. The number of hydrogen-bond donors (Lipinski definition) is 0. The van der Waals surface area contributed by atoms with E-state index in [-0.39, 0.29) is 5.60 Å². The molecule has 1 nitrogen and oxygen atoms in total. The lowest BCUT2D eigenvalue weighted by atomic mass is 9.92. The fourth-order valence-electron chi connectivity index (χ4n) is 1.87. The third-order valence-electron chi connectivity index (χ3n) is 2.80. The van der Waals surface area contributed by atoms with E-state index in [9.17, 15) is 0 Å². The summed E-state index contributed by atoms with van der Waals surface area (Å²) < 4.78 is 5.98. The largest absolute Gasteiger partial charge is 0.370 e. The van der Waals surface area contributed by atoms with Crippen LogP contribution in [0.4, 0.5) is 0 Å². The minimum absolute atomic E-state index is 0.178. The Kier molecular flexibility index (Phi) is 5.36. The van der Waals surface area contributed by atoms with Crippen LogP contribution in [0.15, 0.2) is 24.3 Å². The van der Waals surface area contributed by atoms with E-state index in [1.54, 1.807) is 0 Å². The van der Waals surface area contributed by atoms with Gasteiger partial charge in [0.25, 0.3) is 0 Å². The Labute approximate surface area is 104 Å². The summed E-state index contributed by atoms with van der Waals surface area (Å²) in [7, 11) is 0. The van der Waals surface area contributed by atoms with Crippen LogP contribution in [0.1, 0.15) is 31.9 Å². The minimum atomic E-state index is -0.178. The molecule has 0 aliphatic rings. The maximum absolute atomic E-state index is 5.98. The molecule has 0 N–H and O–H groups in total. The fourth-order valence-corrected chi connectivity index (χ4v) is 2.12. The first-order valence-corrected chi connectivity index (χ1v) is 7.22. The molecule has 0 aromatic heterocycles. The van der Waals surface area contributed by atoms with Gasteiger partial charge >= 0.3 is 0 Å². The van der Waals surface area contributed by atoms with Gasteiger partial charge in [-0.1, -0.05) is 31.2 Å². The van der Waals surface area contributed by atoms with Gasteiger partial charge in [-0.25, -0.2) is 0 Å². The first kappa shape index (κ1) is 13.6. The van der Waals surface area contributed by atoms with E-state index in [0.717, 1.165) is 18.8 Å². The summed E-state index contributed by atoms with van der Waals surface area (Å²) in [4.78, 5) is 0. The lowest BCUT2D eigenvalue weighted by molar-refractivity contribution is -0.0130. The van der Waals surface area contributed by atoms with Gasteiger partial charge in [-0.2, -0.15) is 11.8 Å². The Morgan fingerprint density at radius 3 is 2.56 bits per heavy atom. The van der Waals surface area contributed by atoms with Gasteiger partial charge in [-0.3, -0.25) is 0 Å². The van der Waals surface area contributed by atoms with Gasteiger partial charge in [0.2, 0.25) is 0 Å². The molecule has 16 heavy (non-hydrogen) atoms. The molecule has 1 aromatic carbocycles. The molecular weight excluding hydrogens is 216 g/mol. The molecule has 0 atom stereocenters. The first-order chi connectivity index (χ1) is 7.61. The van der Waals surface area contributed by atoms with Gasteiger partial charge in [0, 0.05) is 5.75 Å². The smallest absolute Gasteiger partial charge is 0.0878 e. The lowest BCUT2D eigenvalue weighted by Gasteiger charge is -2.28. The third-order valence-corrected chi connectivity index (χ3v) is 3.37. The number of hydrogen-bond acceptors (Lipinski definition) is 2. The van der Waals surface area contributed by atoms with Crippen molar-refractivity contribution in [2.45, 2.75) is 32.8 Å². The zero-order valence-corrected chi connectivity index (χ0v) is 11.6. The molecule has 0 aliphatic carbocycles. The average molecular weight is 238 g/mol. The van der Waals surface area contributed by atoms with E-state index in [2.05, 4.69) is 51.3 Å². The molecule has 0 spiro atoms. The maximum Gasteiger partial charge on any atom is 0.0878 e. The summed E-state index contributed by atoms with van der Waals surface area (Å²) in [6.07, 6.45) is 3.17. The summed E-state index contributed by atoms with van der Waals surface area (Å²) >= 11 is 1.82. The summed E-state index contributed by atoms with van der Waals surface area (Å²) in [6.45, 7) is 7.31. The van der Waals surface area contributed by atoms with Crippen LogP contribution in [-0.4, -0.2) is 18.6 Å². The molecule has 0 saturated heterocycles. The predicted molar refractivity (Wildman–Crippen MR) is 73.2 cm³/mol. The summed E-state index contributed by atoms with van der Waals surface area (Å²) in [5.74, 6) is 1.05. The number of rotatable bonds is 6. The average Bonchev–Trinajstić information content (AvgIpc) is 2.29. The van der Waals surface area contributed by atoms with E-state index in [0.29, 0.717) is 0 Å². The summed E-state index contributed by atoms with van der Waals surface area (Å²) in [5.41, 5.74) is 2.53. The van der Waals surface area contributed by atoms with Crippen LogP contribution < -0.4 is 0 Å². The molecule has 0 amide bonds. The SMILES string of the molecule is CCc1ccccc1C(C)(C)OCCSC. The normalized spacial score (nSPS) is 11.8. The number of aryl methyl sites for hydroxylation is 1. The lowest BCUT2D eigenvalue weighted by Crippen LogP contribution is -2.24. The van der Waals surface area contributed by atoms with Gasteiger partial charge < -0.3 is 4.74 Å². The molecule has 0 bridgehead atoms. The van der Waals surface area contributed by atoms with Crippen LogP contribution >= 0.6 is 11.8 Å². The van der Waals surface area contributed by atoms with Gasteiger partial charge in [0.15, 0.2) is 0 Å². The van der Waals surface area contributed by atoms with Crippen LogP contribution in [0.25, 0.3) is 0 Å². The zero-order valence-electron chi connectivity index (χ0n) is 10.7. The summed E-state index contributed by atoms with van der Waals surface area (Å²) in [5, 5.41) is 0. The van der Waals surface area contributed by atoms with Crippen molar-refractivity contribution in [2.75, 3.05) is 18.6 Å². The highest BCUT2D eigenvalue weighted by Gasteiger charge is 2.23. The Balaban J connectivity index is 2.79. The molecule has 0 unspecified atom stereocenters. The zero-order chi connectivity index (χ0) is 12.0. The molecule has 2 heteroatoms. The third kappa shape index (κ3) is 3.53. The standard InChI is InChI=1S/C14H22OS/c1-5-12-8-6-7-9-13(12)14(2,3)15-10-11-16-4/h6-9H,5,10-11H2,1-4H3. The van der Waals surface area contributed by atoms with Crippen molar-refractivity contribution in [3.05, 3.63) is 35.4 Å². The molecule has 0 aliphatic heterocycles. The number of benzene rings is 1. The Hall–Kier alpha value is -0.470. The van der Waals surface area contributed by atoms with Crippen LogP contribution in [0.2, 0.25) is 0 Å². The Morgan fingerprint density at radius 1 is 1.25 bits per heavy atom. The minimum Gasteiger partial charge on any atom is -0.370 e. The van der Waals surface area contributed by atoms with Crippen LogP contribution in [0, 0.1) is 0 Å². The van der Waals surface area contributed by atoms with Gasteiger partial charge in [-0.05, 0) is 37.7 Å². The summed E-state index contributed by atoms with van der Waals surface area (Å²) in [6, 6.07) is 8.56. The Bertz CT molecular complexity index is 320. The second kappa shape index (κ2) is 6.31. The van der Waals surface area contributed by atoms with Crippen molar-refractivity contribution in [3.63, 3.8) is 0 Å². The highest BCUT2D eigenvalue weighted by molar-refractivity contribution is 7.98. The quantitative estimate of drug-likeness (QED) is 0.696. The molecule has 0 heterocycles.